The topological polar surface area (TPSA) is 133 Å². The van der Waals surface area contributed by atoms with Crippen molar-refractivity contribution < 1.29 is 9.84 Å². The molecule has 2 N–H and O–H groups in total. The van der Waals surface area contributed by atoms with Crippen LogP contribution in [0, 0.1) is 6.92 Å². The van der Waals surface area contributed by atoms with E-state index in [1.54, 1.807) is 6.92 Å². The maximum atomic E-state index is 11.7. The molecule has 0 saturated carbocycles. The Morgan fingerprint density at radius 2 is 2.42 bits per heavy atom. The van der Waals surface area contributed by atoms with E-state index in [9.17, 15) is 9.59 Å². The van der Waals surface area contributed by atoms with Crippen molar-refractivity contribution in [2.24, 2.45) is 5.11 Å². The lowest BCUT2D eigenvalue weighted by Gasteiger charge is -2.14. The third-order valence-electron chi connectivity index (χ3n) is 3.04. The van der Waals surface area contributed by atoms with E-state index in [0.717, 1.165) is 0 Å². The molecule has 0 amide bonds. The Balaban J connectivity index is 2.34. The molecule has 0 aliphatic carbocycles. The van der Waals surface area contributed by atoms with Gasteiger partial charge in [0.05, 0.1) is 18.8 Å². The quantitative estimate of drug-likeness (QED) is 0.445. The molecular formula is C10H13N5O4. The van der Waals surface area contributed by atoms with Crippen LogP contribution in [0.1, 0.15) is 18.2 Å². The normalized spacial score (nSPS) is 26.1. The van der Waals surface area contributed by atoms with E-state index in [2.05, 4.69) is 15.0 Å². The fourth-order valence-corrected chi connectivity index (χ4v) is 2.04. The third-order valence-corrected chi connectivity index (χ3v) is 3.04. The second kappa shape index (κ2) is 5.27. The largest absolute Gasteiger partial charge is 0.394 e. The van der Waals surface area contributed by atoms with Crippen LogP contribution in [0.3, 0.4) is 0 Å². The molecule has 1 fully saturated rings. The Bertz CT molecular complexity index is 630. The second-order valence-electron chi connectivity index (χ2n) is 4.30. The first-order valence-corrected chi connectivity index (χ1v) is 5.69. The molecule has 0 unspecified atom stereocenters. The van der Waals surface area contributed by atoms with Crippen LogP contribution in [0.15, 0.2) is 20.9 Å². The summed E-state index contributed by atoms with van der Waals surface area (Å²) < 4.78 is 6.69. The smallest absolute Gasteiger partial charge is 0.330 e. The van der Waals surface area contributed by atoms with E-state index < -0.39 is 29.6 Å². The standard InChI is InChI=1S/C10H13N5O4/c1-5-3-15(10(18)12-9(5)17)8-2-6(13-14-11)7(4-16)19-8/h3,6-8,16H,2,4H2,1H3,(H,12,17,18)/t6-,7-,8-/m1/s1. The average Bonchev–Trinajstić information content (AvgIpc) is 2.77. The van der Waals surface area contributed by atoms with Crippen LogP contribution in [0.2, 0.25) is 0 Å². The van der Waals surface area contributed by atoms with Crippen LogP contribution < -0.4 is 11.2 Å². The molecule has 0 spiro atoms. The summed E-state index contributed by atoms with van der Waals surface area (Å²) in [6, 6.07) is -0.542. The van der Waals surface area contributed by atoms with Crippen molar-refractivity contribution >= 4 is 0 Å². The lowest BCUT2D eigenvalue weighted by molar-refractivity contribution is -0.0271. The van der Waals surface area contributed by atoms with Gasteiger partial charge in [0.25, 0.3) is 5.56 Å². The van der Waals surface area contributed by atoms with Gasteiger partial charge in [-0.25, -0.2) is 4.79 Å². The highest BCUT2D eigenvalue weighted by molar-refractivity contribution is 5.02. The number of nitrogens with zero attached hydrogens (tertiary/aromatic N) is 4. The Labute approximate surface area is 107 Å². The summed E-state index contributed by atoms with van der Waals surface area (Å²) in [5, 5.41) is 12.7. The van der Waals surface area contributed by atoms with E-state index in [0.29, 0.717) is 5.56 Å². The number of azide groups is 1. The number of hydrogen-bond acceptors (Lipinski definition) is 5. The van der Waals surface area contributed by atoms with Crippen LogP contribution in [0.4, 0.5) is 0 Å². The second-order valence-corrected chi connectivity index (χ2v) is 4.30. The molecule has 1 aromatic rings. The Morgan fingerprint density at radius 1 is 1.68 bits per heavy atom. The van der Waals surface area contributed by atoms with Gasteiger partial charge in [0, 0.05) is 23.1 Å². The molecule has 1 aliphatic heterocycles. The molecule has 2 heterocycles. The average molecular weight is 267 g/mol. The number of rotatable bonds is 3. The summed E-state index contributed by atoms with van der Waals surface area (Å²) in [5.74, 6) is 0. The van der Waals surface area contributed by atoms with E-state index in [4.69, 9.17) is 15.4 Å². The molecule has 19 heavy (non-hydrogen) atoms. The van der Waals surface area contributed by atoms with Crippen LogP contribution >= 0.6 is 0 Å². The van der Waals surface area contributed by atoms with Crippen molar-refractivity contribution in [1.82, 2.24) is 9.55 Å². The molecule has 0 radical (unpaired) electrons. The molecule has 0 bridgehead atoms. The molecule has 9 nitrogen and oxygen atoms in total. The van der Waals surface area contributed by atoms with Crippen molar-refractivity contribution in [2.45, 2.75) is 31.7 Å². The number of aryl methyl sites for hydroxylation is 1. The van der Waals surface area contributed by atoms with Gasteiger partial charge in [-0.05, 0) is 12.5 Å². The first-order valence-electron chi connectivity index (χ1n) is 5.69. The van der Waals surface area contributed by atoms with Crippen LogP contribution in [0.5, 0.6) is 0 Å². The maximum absolute atomic E-state index is 11.7. The number of nitrogens with one attached hydrogen (secondary N) is 1. The molecule has 9 heteroatoms. The summed E-state index contributed by atoms with van der Waals surface area (Å²) in [7, 11) is 0. The van der Waals surface area contributed by atoms with E-state index in [-0.39, 0.29) is 13.0 Å². The van der Waals surface area contributed by atoms with Gasteiger partial charge in [0.1, 0.15) is 6.23 Å². The minimum absolute atomic E-state index is 0.265. The third kappa shape index (κ3) is 2.53. The SMILES string of the molecule is Cc1cn([C@H]2C[C@@H](N=[N+]=[N-])[C@@H](CO)O2)c(=O)[nH]c1=O. The van der Waals surface area contributed by atoms with Gasteiger partial charge >= 0.3 is 5.69 Å². The lowest BCUT2D eigenvalue weighted by Crippen LogP contribution is -2.33. The predicted octanol–water partition coefficient (Wildman–Crippen LogP) is -0.196. The zero-order valence-electron chi connectivity index (χ0n) is 10.2. The van der Waals surface area contributed by atoms with Gasteiger partial charge in [0.2, 0.25) is 0 Å². The molecule has 1 saturated heterocycles. The Hall–Kier alpha value is -2.09. The summed E-state index contributed by atoms with van der Waals surface area (Å²) in [4.78, 5) is 27.8. The zero-order chi connectivity index (χ0) is 14.0. The van der Waals surface area contributed by atoms with Gasteiger partial charge in [-0.2, -0.15) is 0 Å². The van der Waals surface area contributed by atoms with Crippen molar-refractivity contribution in [2.75, 3.05) is 6.61 Å². The molecule has 102 valence electrons. The van der Waals surface area contributed by atoms with Crippen LogP contribution in [0.25, 0.3) is 10.4 Å². The summed E-state index contributed by atoms with van der Waals surface area (Å²) in [5.41, 5.74) is 7.76. The number of aliphatic hydroxyl groups is 1. The molecule has 3 atom stereocenters. The van der Waals surface area contributed by atoms with E-state index in [1.165, 1.54) is 10.8 Å². The van der Waals surface area contributed by atoms with Gasteiger partial charge in [-0.3, -0.25) is 14.3 Å². The fraction of sp³-hybridized carbons (Fsp3) is 0.600. The highest BCUT2D eigenvalue weighted by Crippen LogP contribution is 2.29. The van der Waals surface area contributed by atoms with Crippen LogP contribution in [-0.2, 0) is 4.74 Å². The highest BCUT2D eigenvalue weighted by Gasteiger charge is 2.35. The summed E-state index contributed by atoms with van der Waals surface area (Å²) in [6.45, 7) is 1.26. The van der Waals surface area contributed by atoms with Crippen molar-refractivity contribution in [3.63, 3.8) is 0 Å². The zero-order valence-corrected chi connectivity index (χ0v) is 10.2. The molecule has 0 aromatic carbocycles. The van der Waals surface area contributed by atoms with Gasteiger partial charge in [0.15, 0.2) is 0 Å². The number of hydrogen-bond donors (Lipinski definition) is 2. The van der Waals surface area contributed by atoms with Gasteiger partial charge < -0.3 is 9.84 Å². The number of aromatic nitrogens is 2. The van der Waals surface area contributed by atoms with Crippen molar-refractivity contribution in [1.29, 1.82) is 0 Å². The van der Waals surface area contributed by atoms with Crippen LogP contribution in [-0.4, -0.2) is 33.4 Å². The predicted molar refractivity (Wildman–Crippen MR) is 64.6 cm³/mol. The first kappa shape index (κ1) is 13.3. The van der Waals surface area contributed by atoms with Gasteiger partial charge in [-0.1, -0.05) is 5.11 Å². The molecule has 1 aliphatic rings. The Kier molecular flexibility index (Phi) is 3.70. The maximum Gasteiger partial charge on any atom is 0.330 e. The summed E-state index contributed by atoms with van der Waals surface area (Å²) >= 11 is 0. The number of aliphatic hydroxyl groups excluding tert-OH is 1. The molecular weight excluding hydrogens is 254 g/mol. The van der Waals surface area contributed by atoms with E-state index in [1.807, 2.05) is 0 Å². The number of ether oxygens (including phenoxy) is 1. The first-order chi connectivity index (χ1) is 9.06. The minimum atomic E-state index is -0.671. The lowest BCUT2D eigenvalue weighted by atomic mass is 10.1. The fourth-order valence-electron chi connectivity index (χ4n) is 2.04. The molecule has 2 rings (SSSR count). The Morgan fingerprint density at radius 3 is 3.05 bits per heavy atom. The summed E-state index contributed by atoms with van der Waals surface area (Å²) in [6.07, 6.45) is 0.329. The molecule has 1 aromatic heterocycles. The number of aromatic amines is 1. The minimum Gasteiger partial charge on any atom is -0.394 e. The van der Waals surface area contributed by atoms with Crippen molar-refractivity contribution in [3.8, 4) is 0 Å². The monoisotopic (exact) mass is 267 g/mol. The number of H-pyrrole nitrogens is 1. The highest BCUT2D eigenvalue weighted by atomic mass is 16.5. The van der Waals surface area contributed by atoms with Gasteiger partial charge in [-0.15, -0.1) is 0 Å². The van der Waals surface area contributed by atoms with E-state index >= 15 is 0 Å². The van der Waals surface area contributed by atoms with Crippen molar-refractivity contribution in [3.05, 3.63) is 43.0 Å².